The number of hydrogen-bond donors (Lipinski definition) is 1. The quantitative estimate of drug-likeness (QED) is 0.725. The third kappa shape index (κ3) is 1.42. The maximum absolute atomic E-state index is 8.76. The maximum Gasteiger partial charge on any atom is 0.0889 e. The van der Waals surface area contributed by atoms with Gasteiger partial charge in [0.2, 0.25) is 0 Å². The van der Waals surface area contributed by atoms with Gasteiger partial charge in [-0.3, -0.25) is 0 Å². The van der Waals surface area contributed by atoms with Crippen LogP contribution in [0.15, 0.2) is 30.5 Å². The van der Waals surface area contributed by atoms with Crippen molar-refractivity contribution in [3.05, 3.63) is 36.2 Å². The Labute approximate surface area is 76.0 Å². The van der Waals surface area contributed by atoms with Crippen LogP contribution in [0, 0.1) is 0 Å². The van der Waals surface area contributed by atoms with Gasteiger partial charge in [0.05, 0.1) is 17.8 Å². The Morgan fingerprint density at radius 2 is 2.25 bits per heavy atom. The lowest BCUT2D eigenvalue weighted by Gasteiger charge is -1.87. The summed E-state index contributed by atoms with van der Waals surface area (Å²) in [6.45, 7) is 0.00167. The summed E-state index contributed by atoms with van der Waals surface area (Å²) in [5, 5.41) is 12.9. The van der Waals surface area contributed by atoms with Gasteiger partial charge in [-0.2, -0.15) is 5.10 Å². The summed E-state index contributed by atoms with van der Waals surface area (Å²) in [5.74, 6) is 0. The van der Waals surface area contributed by atoms with E-state index in [4.69, 9.17) is 5.11 Å². The van der Waals surface area contributed by atoms with Crippen LogP contribution in [0.2, 0.25) is 0 Å². The molecule has 0 fully saturated rings. The predicted molar refractivity (Wildman–Crippen MR) is 48.4 cm³/mol. The Morgan fingerprint density at radius 1 is 1.42 bits per heavy atom. The number of fused-ring (bicyclic) bond motifs is 1. The average Bonchev–Trinajstić information content (AvgIpc) is 2.46. The summed E-state index contributed by atoms with van der Waals surface area (Å²) in [6.07, 6.45) is 1.86. The number of rotatable bonds is 1. The molecule has 0 radical (unpaired) electrons. The fraction of sp³-hybridized carbons (Fsp3) is 0.125. The molecule has 0 saturated carbocycles. The summed E-state index contributed by atoms with van der Waals surface area (Å²) >= 11 is 0. The minimum Gasteiger partial charge on any atom is -0.390 e. The zero-order chi connectivity index (χ0) is 7.68. The first-order chi connectivity index (χ1) is 5.40. The molecule has 0 amide bonds. The highest BCUT2D eigenvalue weighted by molar-refractivity contribution is 5.85. The van der Waals surface area contributed by atoms with Crippen LogP contribution in [0.1, 0.15) is 5.69 Å². The minimum absolute atomic E-state index is 0. The second kappa shape index (κ2) is 3.56. The van der Waals surface area contributed by atoms with Crippen LogP contribution in [-0.4, -0.2) is 14.7 Å². The van der Waals surface area contributed by atoms with Crippen molar-refractivity contribution >= 4 is 17.9 Å². The zero-order valence-corrected chi connectivity index (χ0v) is 7.16. The molecule has 0 bridgehead atoms. The van der Waals surface area contributed by atoms with Gasteiger partial charge in [-0.15, -0.1) is 12.4 Å². The van der Waals surface area contributed by atoms with Gasteiger partial charge >= 0.3 is 0 Å². The molecule has 0 unspecified atom stereocenters. The Kier molecular flexibility index (Phi) is 2.68. The summed E-state index contributed by atoms with van der Waals surface area (Å²) < 4.78 is 1.74. The topological polar surface area (TPSA) is 37.5 Å². The molecule has 0 saturated heterocycles. The lowest BCUT2D eigenvalue weighted by molar-refractivity contribution is 0.276. The number of aliphatic hydroxyl groups is 1. The molecule has 0 aliphatic carbocycles. The molecule has 0 spiro atoms. The highest BCUT2D eigenvalue weighted by atomic mass is 35.5. The van der Waals surface area contributed by atoms with Crippen LogP contribution >= 0.6 is 12.4 Å². The summed E-state index contributed by atoms with van der Waals surface area (Å²) in [7, 11) is 0. The van der Waals surface area contributed by atoms with Crippen LogP contribution in [0.5, 0.6) is 0 Å². The largest absolute Gasteiger partial charge is 0.390 e. The maximum atomic E-state index is 8.76. The average molecular weight is 185 g/mol. The molecule has 0 aliphatic heterocycles. The Morgan fingerprint density at radius 3 is 2.92 bits per heavy atom. The lowest BCUT2D eigenvalue weighted by Crippen LogP contribution is -1.86. The van der Waals surface area contributed by atoms with E-state index in [2.05, 4.69) is 5.10 Å². The number of aromatic nitrogens is 2. The van der Waals surface area contributed by atoms with Crippen LogP contribution in [0.3, 0.4) is 0 Å². The van der Waals surface area contributed by atoms with Gasteiger partial charge in [-0.05, 0) is 18.2 Å². The van der Waals surface area contributed by atoms with E-state index in [0.717, 1.165) is 5.52 Å². The van der Waals surface area contributed by atoms with E-state index in [0.29, 0.717) is 5.69 Å². The standard InChI is InChI=1S/C8H8N2O.ClH/c11-6-7-5-8-3-1-2-4-10(8)9-7;/h1-5,11H,6H2;1H. The van der Waals surface area contributed by atoms with Gasteiger partial charge < -0.3 is 5.11 Å². The van der Waals surface area contributed by atoms with E-state index in [1.807, 2.05) is 30.5 Å². The zero-order valence-electron chi connectivity index (χ0n) is 6.34. The van der Waals surface area contributed by atoms with E-state index in [1.54, 1.807) is 4.52 Å². The Hall–Kier alpha value is -1.06. The van der Waals surface area contributed by atoms with Crippen molar-refractivity contribution < 1.29 is 5.11 Å². The molecule has 2 heterocycles. The van der Waals surface area contributed by atoms with Crippen molar-refractivity contribution in [1.82, 2.24) is 9.61 Å². The molecule has 2 aromatic rings. The summed E-state index contributed by atoms with van der Waals surface area (Å²) in [6, 6.07) is 7.66. The van der Waals surface area contributed by atoms with Crippen LogP contribution in [-0.2, 0) is 6.61 Å². The van der Waals surface area contributed by atoms with Crippen LogP contribution in [0.4, 0.5) is 0 Å². The number of halogens is 1. The van der Waals surface area contributed by atoms with Gasteiger partial charge in [0.25, 0.3) is 0 Å². The van der Waals surface area contributed by atoms with E-state index in [1.165, 1.54) is 0 Å². The van der Waals surface area contributed by atoms with Gasteiger partial charge in [0.15, 0.2) is 0 Å². The minimum atomic E-state index is 0. The Bertz CT molecular complexity index is 339. The molecule has 3 nitrogen and oxygen atoms in total. The third-order valence-electron chi connectivity index (χ3n) is 1.58. The third-order valence-corrected chi connectivity index (χ3v) is 1.58. The second-order valence-electron chi connectivity index (χ2n) is 2.36. The first-order valence-corrected chi connectivity index (χ1v) is 3.44. The molecular formula is C8H9ClN2O. The molecule has 2 aromatic heterocycles. The smallest absolute Gasteiger partial charge is 0.0889 e. The normalized spacial score (nSPS) is 9.75. The van der Waals surface area contributed by atoms with Crippen LogP contribution < -0.4 is 0 Å². The van der Waals surface area contributed by atoms with E-state index < -0.39 is 0 Å². The lowest BCUT2D eigenvalue weighted by atomic mass is 10.4. The first kappa shape index (κ1) is 9.03. The molecule has 1 N–H and O–H groups in total. The predicted octanol–water partition coefficient (Wildman–Crippen LogP) is 1.25. The number of pyridine rings is 1. The van der Waals surface area contributed by atoms with Crippen molar-refractivity contribution in [2.45, 2.75) is 6.61 Å². The van der Waals surface area contributed by atoms with Crippen molar-refractivity contribution in [3.63, 3.8) is 0 Å². The van der Waals surface area contributed by atoms with Crippen molar-refractivity contribution in [1.29, 1.82) is 0 Å². The molecule has 12 heavy (non-hydrogen) atoms. The van der Waals surface area contributed by atoms with Gasteiger partial charge in [0.1, 0.15) is 0 Å². The van der Waals surface area contributed by atoms with E-state index >= 15 is 0 Å². The van der Waals surface area contributed by atoms with Gasteiger partial charge in [-0.25, -0.2) is 4.52 Å². The Balaban J connectivity index is 0.000000720. The molecule has 4 heteroatoms. The summed E-state index contributed by atoms with van der Waals surface area (Å²) in [5.41, 5.74) is 1.72. The van der Waals surface area contributed by atoms with Crippen LogP contribution in [0.25, 0.3) is 5.52 Å². The summed E-state index contributed by atoms with van der Waals surface area (Å²) in [4.78, 5) is 0. The van der Waals surface area contributed by atoms with Crippen molar-refractivity contribution in [3.8, 4) is 0 Å². The molecule has 64 valence electrons. The number of aliphatic hydroxyl groups excluding tert-OH is 1. The first-order valence-electron chi connectivity index (χ1n) is 3.44. The highest BCUT2D eigenvalue weighted by Crippen LogP contribution is 2.04. The molecule has 0 atom stereocenters. The number of hydrogen-bond acceptors (Lipinski definition) is 2. The SMILES string of the molecule is Cl.OCc1cc2ccccn2n1. The molecular weight excluding hydrogens is 176 g/mol. The molecule has 2 rings (SSSR count). The van der Waals surface area contributed by atoms with E-state index in [9.17, 15) is 0 Å². The monoisotopic (exact) mass is 184 g/mol. The van der Waals surface area contributed by atoms with Gasteiger partial charge in [0, 0.05) is 6.20 Å². The fourth-order valence-electron chi connectivity index (χ4n) is 1.07. The van der Waals surface area contributed by atoms with Crippen molar-refractivity contribution in [2.75, 3.05) is 0 Å². The number of nitrogens with zero attached hydrogens (tertiary/aromatic N) is 2. The second-order valence-corrected chi connectivity index (χ2v) is 2.36. The van der Waals surface area contributed by atoms with E-state index in [-0.39, 0.29) is 19.0 Å². The highest BCUT2D eigenvalue weighted by Gasteiger charge is 1.96. The van der Waals surface area contributed by atoms with Crippen molar-refractivity contribution in [2.24, 2.45) is 0 Å². The fourth-order valence-corrected chi connectivity index (χ4v) is 1.07. The van der Waals surface area contributed by atoms with Gasteiger partial charge in [-0.1, -0.05) is 6.07 Å². The molecule has 0 aliphatic rings. The molecule has 0 aromatic carbocycles.